The molecule has 84 heavy (non-hydrogen) atoms. The number of hydrazine groups is 1. The highest BCUT2D eigenvalue weighted by atomic mass is 16.5. The van der Waals surface area contributed by atoms with E-state index in [1.807, 2.05) is 61.9 Å². The molecule has 0 bridgehead atoms. The lowest BCUT2D eigenvalue weighted by molar-refractivity contribution is -0.138. The Morgan fingerprint density at radius 2 is 1.56 bits per heavy atom. The van der Waals surface area contributed by atoms with Gasteiger partial charge in [-0.05, 0) is 154 Å². The van der Waals surface area contributed by atoms with Crippen LogP contribution in [0.5, 0.6) is 5.75 Å². The van der Waals surface area contributed by atoms with Gasteiger partial charge in [0.2, 0.25) is 5.91 Å². The van der Waals surface area contributed by atoms with Gasteiger partial charge in [-0.25, -0.2) is 30.4 Å². The van der Waals surface area contributed by atoms with Gasteiger partial charge in [-0.15, -0.1) is 0 Å². The Balaban J connectivity index is 0.000000451. The van der Waals surface area contributed by atoms with Gasteiger partial charge in [0.05, 0.1) is 44.6 Å². The minimum absolute atomic E-state index is 0.208. The van der Waals surface area contributed by atoms with Gasteiger partial charge in [0, 0.05) is 86.9 Å². The number of para-hydroxylation sites is 1. The average molecular weight is 1170 g/mol. The topological polar surface area (TPSA) is 245 Å². The Morgan fingerprint density at radius 1 is 0.833 bits per heavy atom. The Hall–Kier alpha value is -5.50. The van der Waals surface area contributed by atoms with E-state index in [2.05, 4.69) is 41.6 Å². The number of anilines is 2. The van der Waals surface area contributed by atoms with Crippen molar-refractivity contribution in [3.63, 3.8) is 0 Å². The number of hydrogen-bond donors (Lipinski definition) is 6. The summed E-state index contributed by atoms with van der Waals surface area (Å²) >= 11 is 0. The van der Waals surface area contributed by atoms with E-state index in [1.165, 1.54) is 82.5 Å². The fraction of sp³-hybridized carbons (Fsp3) is 0.723. The van der Waals surface area contributed by atoms with Crippen molar-refractivity contribution in [3.05, 3.63) is 59.3 Å². The molecule has 1 saturated carbocycles. The zero-order chi connectivity index (χ0) is 60.3. The largest absolute Gasteiger partial charge is 0.493 e. The van der Waals surface area contributed by atoms with Crippen LogP contribution < -0.4 is 32.3 Å². The number of allylic oxidation sites excluding steroid dienone is 2. The molecule has 2 fully saturated rings. The SMILES string of the molecule is CC.COC(=O)NCCCCCC(=O)N1CCCC1COC(C)C.COCCN(CCCCCc1cc(OCCCCCCCCCCN(N)/C2=C(\N)CCC3CC3CC2)c2c(n1)NCCC2)CCC(Nc1ncnc2ccccc12)C(=O)O. The molecular weight excluding hydrogens is 1060 g/mol. The molecular formula is C65H109N11O8. The molecule has 2 aliphatic carbocycles. The first-order valence-corrected chi connectivity index (χ1v) is 32.5. The zero-order valence-corrected chi connectivity index (χ0v) is 52.4. The second-order valence-electron chi connectivity index (χ2n) is 23.3. The van der Waals surface area contributed by atoms with Crippen LogP contribution in [0, 0.1) is 11.8 Å². The molecule has 8 N–H and O–H groups in total. The second-order valence-corrected chi connectivity index (χ2v) is 23.3. The van der Waals surface area contributed by atoms with Crippen molar-refractivity contribution in [1.82, 2.24) is 35.1 Å². The first-order chi connectivity index (χ1) is 40.9. The molecule has 472 valence electrons. The average Bonchev–Trinajstić information content (AvgIpc) is 3.74. The number of nitrogens with one attached hydrogen (secondary N) is 3. The lowest BCUT2D eigenvalue weighted by Gasteiger charge is -2.25. The first-order valence-electron chi connectivity index (χ1n) is 32.5. The van der Waals surface area contributed by atoms with Crippen LogP contribution >= 0.6 is 0 Å². The Bertz CT molecular complexity index is 2390. The lowest BCUT2D eigenvalue weighted by Crippen LogP contribution is -2.38. The number of hydrogen-bond acceptors (Lipinski definition) is 16. The Labute approximate surface area is 503 Å². The summed E-state index contributed by atoms with van der Waals surface area (Å²) in [6.45, 7) is 15.6. The Morgan fingerprint density at radius 3 is 2.32 bits per heavy atom. The van der Waals surface area contributed by atoms with Crippen LogP contribution in [-0.4, -0.2) is 151 Å². The lowest BCUT2D eigenvalue weighted by atomic mass is 10.0. The third-order valence-corrected chi connectivity index (χ3v) is 16.7. The molecule has 0 radical (unpaired) electrons. The number of ether oxygens (including phenoxy) is 4. The van der Waals surface area contributed by atoms with Gasteiger partial charge in [0.1, 0.15) is 29.8 Å². The maximum Gasteiger partial charge on any atom is 0.406 e. The maximum atomic E-state index is 12.3. The standard InChI is InChI=1S/C47H73N9O4.C16H30N2O4.C2H6/c1-59-31-29-55(28-24-42(47(57)58)54-45-38-17-10-11-19-41(38)51-34-52-45)26-12-8-9-16-37-33-44(39-18-15-25-50-46(39)53-37)60-30-14-7-5-3-2-4-6-13-27-56(49)43-23-21-36-32-35(36)20-22-40(43)48;1-13(2)22-12-14-8-7-11-18(14)15(19)9-5-4-6-10-17-16(20)21-3;1-2/h10-11,17,19,33-36,42H,2-9,12-16,18,20-32,48-49H2,1H3,(H,50,53)(H,57,58)(H,51,52,54);13-14H,4-12H2,1-3H3,(H,17,20);1-2H3/b43-40-;;. The highest BCUT2D eigenvalue weighted by Gasteiger charge is 2.37. The number of methoxy groups -OCH3 is 2. The molecule has 0 spiro atoms. The van der Waals surface area contributed by atoms with E-state index in [4.69, 9.17) is 30.8 Å². The minimum atomic E-state index is -0.895. The van der Waals surface area contributed by atoms with E-state index in [9.17, 15) is 19.5 Å². The number of nitrogens with two attached hydrogens (primary N) is 2. The third kappa shape index (κ3) is 25.2. The number of carboxylic acid groups (broad SMARTS) is 1. The van der Waals surface area contributed by atoms with Gasteiger partial charge < -0.3 is 60.5 Å². The van der Waals surface area contributed by atoms with E-state index in [-0.39, 0.29) is 18.1 Å². The number of aryl methyl sites for hydroxylation is 1. The minimum Gasteiger partial charge on any atom is -0.493 e. The summed E-state index contributed by atoms with van der Waals surface area (Å²) in [4.78, 5) is 53.3. The van der Waals surface area contributed by atoms with Gasteiger partial charge in [0.15, 0.2) is 0 Å². The number of benzene rings is 1. The van der Waals surface area contributed by atoms with Crippen LogP contribution in [0.1, 0.15) is 193 Å². The summed E-state index contributed by atoms with van der Waals surface area (Å²) in [5.41, 5.74) is 11.8. The number of fused-ring (bicyclic) bond motifs is 3. The van der Waals surface area contributed by atoms with E-state index in [0.717, 1.165) is 181 Å². The zero-order valence-electron chi connectivity index (χ0n) is 52.4. The number of rotatable bonds is 37. The Kier molecular flexibility index (Phi) is 33.0. The number of carbonyl (C=O) groups excluding carboxylic acids is 2. The van der Waals surface area contributed by atoms with E-state index < -0.39 is 18.1 Å². The van der Waals surface area contributed by atoms with Gasteiger partial charge in [-0.3, -0.25) is 4.79 Å². The van der Waals surface area contributed by atoms with E-state index >= 15 is 0 Å². The molecule has 1 aromatic carbocycles. The summed E-state index contributed by atoms with van der Waals surface area (Å²) in [7, 11) is 3.05. The number of likely N-dealkylation sites (tertiary alicyclic amines) is 1. The molecule has 4 unspecified atom stereocenters. The number of carboxylic acids is 1. The van der Waals surface area contributed by atoms with Crippen LogP contribution in [0.25, 0.3) is 10.9 Å². The van der Waals surface area contributed by atoms with Crippen molar-refractivity contribution in [2.45, 2.75) is 213 Å². The van der Waals surface area contributed by atoms with Crippen LogP contribution in [0.3, 0.4) is 0 Å². The maximum absolute atomic E-state index is 12.3. The molecule has 19 heteroatoms. The highest BCUT2D eigenvalue weighted by Crippen LogP contribution is 2.47. The number of nitrogens with zero attached hydrogens (tertiary/aromatic N) is 6. The fourth-order valence-corrected chi connectivity index (χ4v) is 11.6. The van der Waals surface area contributed by atoms with Crippen molar-refractivity contribution >= 4 is 40.5 Å². The molecule has 2 aromatic heterocycles. The molecule has 2 aliphatic heterocycles. The molecule has 3 aromatic rings. The van der Waals surface area contributed by atoms with Crippen LogP contribution in [0.15, 0.2) is 48.1 Å². The molecule has 1 saturated heterocycles. The predicted octanol–water partition coefficient (Wildman–Crippen LogP) is 11.4. The number of carbonyl (C=O) groups is 3. The quantitative estimate of drug-likeness (QED) is 0.0178. The van der Waals surface area contributed by atoms with Crippen LogP contribution in [0.4, 0.5) is 16.4 Å². The number of aromatic nitrogens is 3. The smallest absolute Gasteiger partial charge is 0.406 e. The summed E-state index contributed by atoms with van der Waals surface area (Å²) in [5.74, 6) is 10.2. The monoisotopic (exact) mass is 1170 g/mol. The molecule has 4 heterocycles. The summed E-state index contributed by atoms with van der Waals surface area (Å²) < 4.78 is 22.0. The van der Waals surface area contributed by atoms with Crippen molar-refractivity contribution in [2.24, 2.45) is 23.4 Å². The molecule has 19 nitrogen and oxygen atoms in total. The number of unbranched alkanes of at least 4 members (excludes halogenated alkanes) is 11. The van der Waals surface area contributed by atoms with Gasteiger partial charge in [-0.1, -0.05) is 77.3 Å². The van der Waals surface area contributed by atoms with Gasteiger partial charge in [-0.2, -0.15) is 0 Å². The molecule has 7 rings (SSSR count). The highest BCUT2D eigenvalue weighted by molar-refractivity contribution is 5.90. The summed E-state index contributed by atoms with van der Waals surface area (Å²) in [5, 5.41) is 22.1. The van der Waals surface area contributed by atoms with Crippen LogP contribution in [-0.2, 0) is 36.6 Å². The summed E-state index contributed by atoms with van der Waals surface area (Å²) in [6.07, 6.45) is 28.8. The van der Waals surface area contributed by atoms with Crippen molar-refractivity contribution in [1.29, 1.82) is 0 Å². The van der Waals surface area contributed by atoms with Gasteiger partial charge in [0.25, 0.3) is 0 Å². The molecule has 2 amide bonds. The second kappa shape index (κ2) is 40.0. The van der Waals surface area contributed by atoms with Gasteiger partial charge >= 0.3 is 12.1 Å². The normalized spacial score (nSPS) is 18.4. The van der Waals surface area contributed by atoms with Crippen LogP contribution in [0.2, 0.25) is 0 Å². The fourth-order valence-electron chi connectivity index (χ4n) is 11.6. The van der Waals surface area contributed by atoms with Crippen molar-refractivity contribution in [2.75, 3.05) is 90.5 Å². The molecule has 4 atom stereocenters. The van der Waals surface area contributed by atoms with Crippen molar-refractivity contribution < 1.29 is 38.4 Å². The number of amides is 2. The number of pyridine rings is 1. The number of aliphatic carboxylic acids is 1. The summed E-state index contributed by atoms with van der Waals surface area (Å²) in [6, 6.07) is 9.28. The van der Waals surface area contributed by atoms with Crippen molar-refractivity contribution in [3.8, 4) is 5.75 Å². The van der Waals surface area contributed by atoms with E-state index in [0.29, 0.717) is 45.0 Å². The first kappa shape index (κ1) is 69.3. The third-order valence-electron chi connectivity index (χ3n) is 16.7. The predicted molar refractivity (Wildman–Crippen MR) is 337 cm³/mol. The van der Waals surface area contributed by atoms with E-state index in [1.54, 1.807) is 7.11 Å². The molecule has 4 aliphatic rings. The number of alkyl carbamates (subject to hydrolysis) is 1.